The number of sulfonamides is 1. The Morgan fingerprint density at radius 1 is 1.13 bits per heavy atom. The highest BCUT2D eigenvalue weighted by molar-refractivity contribution is 7.89. The molecule has 9 heteroatoms. The maximum absolute atomic E-state index is 15.9. The smallest absolute Gasteiger partial charge is 0.211 e. The van der Waals surface area contributed by atoms with Gasteiger partial charge >= 0.3 is 0 Å². The van der Waals surface area contributed by atoms with E-state index < -0.39 is 39.2 Å². The first-order valence-corrected chi connectivity index (χ1v) is 14.7. The van der Waals surface area contributed by atoms with E-state index in [2.05, 4.69) is 16.6 Å². The summed E-state index contributed by atoms with van der Waals surface area (Å²) < 4.78 is 86.3. The van der Waals surface area contributed by atoms with Gasteiger partial charge in [-0.15, -0.1) is 0 Å². The van der Waals surface area contributed by atoms with Crippen molar-refractivity contribution in [2.75, 3.05) is 12.3 Å². The predicted octanol–water partition coefficient (Wildman–Crippen LogP) is 6.77. The molecule has 0 aliphatic heterocycles. The first-order valence-electron chi connectivity index (χ1n) is 13.1. The van der Waals surface area contributed by atoms with Crippen LogP contribution in [-0.2, 0) is 16.4 Å². The van der Waals surface area contributed by atoms with E-state index in [4.69, 9.17) is 0 Å². The molecule has 0 amide bonds. The van der Waals surface area contributed by atoms with Crippen LogP contribution in [-0.4, -0.2) is 32.4 Å². The number of allylic oxidation sites excluding steroid dienone is 1. The molecule has 2 aliphatic rings. The van der Waals surface area contributed by atoms with Gasteiger partial charge in [-0.05, 0) is 87.5 Å². The van der Waals surface area contributed by atoms with Gasteiger partial charge in [0.05, 0.1) is 5.75 Å². The Hall–Kier alpha value is -2.39. The summed E-state index contributed by atoms with van der Waals surface area (Å²) in [6, 6.07) is 7.16. The largest absolute Gasteiger partial charge is 0.385 e. The Morgan fingerprint density at radius 2 is 1.79 bits per heavy atom. The third-order valence-electron chi connectivity index (χ3n) is 8.03. The Labute approximate surface area is 225 Å². The lowest BCUT2D eigenvalue weighted by Gasteiger charge is -2.45. The zero-order valence-corrected chi connectivity index (χ0v) is 22.9. The molecule has 1 spiro atoms. The summed E-state index contributed by atoms with van der Waals surface area (Å²) in [6.07, 6.45) is 3.42. The molecule has 2 aromatic carbocycles. The highest BCUT2D eigenvalue weighted by atomic mass is 32.2. The molecule has 2 saturated carbocycles. The van der Waals surface area contributed by atoms with Crippen molar-refractivity contribution < 1.29 is 28.8 Å². The van der Waals surface area contributed by atoms with Crippen LogP contribution in [0.1, 0.15) is 54.9 Å². The molecule has 2 fully saturated rings. The molecule has 0 saturated heterocycles. The summed E-state index contributed by atoms with van der Waals surface area (Å²) in [5.74, 6) is -2.89. The van der Waals surface area contributed by atoms with Gasteiger partial charge in [0, 0.05) is 38.7 Å². The molecule has 0 bridgehead atoms. The van der Waals surface area contributed by atoms with Crippen LogP contribution in [0.5, 0.6) is 0 Å². The normalized spacial score (nSPS) is 22.9. The van der Waals surface area contributed by atoms with Crippen molar-refractivity contribution in [1.82, 2.24) is 10.0 Å². The Morgan fingerprint density at radius 3 is 2.37 bits per heavy atom. The molecule has 3 atom stereocenters. The van der Waals surface area contributed by atoms with E-state index in [0.717, 1.165) is 37.5 Å². The number of hydrogen-bond acceptors (Lipinski definition) is 3. The predicted molar refractivity (Wildman–Crippen MR) is 146 cm³/mol. The molecular formula is C29H40F4N2O2S. The van der Waals surface area contributed by atoms with E-state index in [1.807, 2.05) is 0 Å². The SMILES string of the molecule is C=C(NCC(C)(C)F)C1CCC2(CC2)[C@H](NS(=O)(=O)CC)[C@@H]1Cc1cccc(-c2cc(F)cc(F)c2)c1F.[HH].[HH]. The summed E-state index contributed by atoms with van der Waals surface area (Å²) in [6.45, 7) is 8.70. The van der Waals surface area contributed by atoms with Gasteiger partial charge in [-0.3, -0.25) is 0 Å². The van der Waals surface area contributed by atoms with Crippen molar-refractivity contribution in [3.8, 4) is 11.1 Å². The van der Waals surface area contributed by atoms with E-state index in [1.165, 1.54) is 19.9 Å². The van der Waals surface area contributed by atoms with Crippen molar-refractivity contribution in [1.29, 1.82) is 0 Å². The molecule has 0 aromatic heterocycles. The second-order valence-corrected chi connectivity index (χ2v) is 13.5. The second-order valence-electron chi connectivity index (χ2n) is 11.4. The molecule has 0 radical (unpaired) electrons. The van der Waals surface area contributed by atoms with E-state index in [9.17, 15) is 21.6 Å². The maximum atomic E-state index is 15.9. The molecule has 4 nitrogen and oxygen atoms in total. The lowest BCUT2D eigenvalue weighted by atomic mass is 9.65. The van der Waals surface area contributed by atoms with Crippen LogP contribution in [0.3, 0.4) is 0 Å². The van der Waals surface area contributed by atoms with Crippen LogP contribution >= 0.6 is 0 Å². The first-order chi connectivity index (χ1) is 17.7. The van der Waals surface area contributed by atoms with E-state index in [1.54, 1.807) is 19.1 Å². The zero-order valence-electron chi connectivity index (χ0n) is 22.1. The van der Waals surface area contributed by atoms with Gasteiger partial charge in [-0.2, -0.15) is 0 Å². The Balaban J connectivity index is 0.00000280. The van der Waals surface area contributed by atoms with Crippen LogP contribution in [0.25, 0.3) is 11.1 Å². The summed E-state index contributed by atoms with van der Waals surface area (Å²) in [5.41, 5.74) is -0.617. The van der Waals surface area contributed by atoms with Crippen LogP contribution < -0.4 is 10.0 Å². The fourth-order valence-corrected chi connectivity index (χ4v) is 6.76. The fraction of sp³-hybridized carbons (Fsp3) is 0.517. The van der Waals surface area contributed by atoms with Crippen molar-refractivity contribution >= 4 is 10.0 Å². The van der Waals surface area contributed by atoms with Crippen molar-refractivity contribution in [2.45, 2.75) is 64.6 Å². The molecule has 1 unspecified atom stereocenters. The summed E-state index contributed by atoms with van der Waals surface area (Å²) in [4.78, 5) is 0. The van der Waals surface area contributed by atoms with Gasteiger partial charge in [-0.25, -0.2) is 30.7 Å². The number of halogens is 4. The molecule has 38 heavy (non-hydrogen) atoms. The number of hydrogen-bond donors (Lipinski definition) is 2. The van der Waals surface area contributed by atoms with Gasteiger partial charge in [0.25, 0.3) is 0 Å². The van der Waals surface area contributed by atoms with Crippen molar-refractivity contribution in [3.63, 3.8) is 0 Å². The molecule has 2 aromatic rings. The van der Waals surface area contributed by atoms with Crippen molar-refractivity contribution in [2.24, 2.45) is 17.3 Å². The summed E-state index contributed by atoms with van der Waals surface area (Å²) in [5, 5.41) is 3.09. The van der Waals surface area contributed by atoms with Crippen LogP contribution in [0.4, 0.5) is 17.6 Å². The second kappa shape index (κ2) is 10.6. The standard InChI is InChI=1S/C29H36F4N2O2S.2H2/c1-5-38(36,37)35-27-25(23(9-10-29(27)11-12-29)18(2)34-17-28(3,4)33)15-19-7-6-8-24(26(19)32)20-13-21(30)16-22(31)14-20;;/h6-8,13-14,16,23,25,27,34-35H,2,5,9-12,15,17H2,1,3-4H3;2*1H/t23?,25-,27-;;/m1../s1. The monoisotopic (exact) mass is 556 g/mol. The third-order valence-corrected chi connectivity index (χ3v) is 9.40. The van der Waals surface area contributed by atoms with E-state index in [0.29, 0.717) is 17.7 Å². The van der Waals surface area contributed by atoms with Gasteiger partial charge in [0.1, 0.15) is 23.1 Å². The van der Waals surface area contributed by atoms with Crippen LogP contribution in [0.15, 0.2) is 48.7 Å². The highest BCUT2D eigenvalue weighted by Crippen LogP contribution is 2.60. The molecule has 4 rings (SSSR count). The lowest BCUT2D eigenvalue weighted by Crippen LogP contribution is -2.53. The van der Waals surface area contributed by atoms with Crippen LogP contribution in [0, 0.1) is 34.7 Å². The number of rotatable bonds is 10. The Kier molecular flexibility index (Phi) is 8.01. The zero-order chi connectivity index (χ0) is 27.9. The Bertz CT molecular complexity index is 1290. The maximum Gasteiger partial charge on any atom is 0.211 e. The number of benzene rings is 2. The van der Waals surface area contributed by atoms with Gasteiger partial charge in [0.15, 0.2) is 0 Å². The topological polar surface area (TPSA) is 58.2 Å². The molecular weight excluding hydrogens is 516 g/mol. The minimum absolute atomic E-state index is 0. The molecule has 212 valence electrons. The number of nitrogens with one attached hydrogen (secondary N) is 2. The van der Waals surface area contributed by atoms with Crippen molar-refractivity contribution in [3.05, 3.63) is 71.7 Å². The minimum Gasteiger partial charge on any atom is -0.385 e. The van der Waals surface area contributed by atoms with E-state index >= 15 is 4.39 Å². The average Bonchev–Trinajstić information content (AvgIpc) is 3.60. The highest BCUT2D eigenvalue weighted by Gasteiger charge is 2.57. The van der Waals surface area contributed by atoms with Gasteiger partial charge in [-0.1, -0.05) is 24.8 Å². The molecule has 2 aliphatic carbocycles. The fourth-order valence-electron chi connectivity index (χ4n) is 5.78. The lowest BCUT2D eigenvalue weighted by molar-refractivity contribution is 0.129. The van der Waals surface area contributed by atoms with Crippen LogP contribution in [0.2, 0.25) is 0 Å². The summed E-state index contributed by atoms with van der Waals surface area (Å²) in [7, 11) is -3.57. The average molecular weight is 557 g/mol. The molecule has 2 N–H and O–H groups in total. The van der Waals surface area contributed by atoms with E-state index in [-0.39, 0.29) is 49.9 Å². The minimum atomic E-state index is -3.57. The summed E-state index contributed by atoms with van der Waals surface area (Å²) >= 11 is 0. The third kappa shape index (κ3) is 6.42. The number of alkyl halides is 1. The quantitative estimate of drug-likeness (QED) is 0.318. The molecule has 0 heterocycles. The first kappa shape index (κ1) is 28.6. The van der Waals surface area contributed by atoms with Gasteiger partial charge in [0.2, 0.25) is 10.0 Å². The van der Waals surface area contributed by atoms with Gasteiger partial charge < -0.3 is 5.32 Å².